The Bertz CT molecular complexity index is 606. The molecule has 0 aromatic carbocycles. The number of aliphatic hydroxyl groups is 1. The minimum Gasteiger partial charge on any atom is -0.393 e. The molecule has 2 aliphatic rings. The molecule has 2 saturated carbocycles. The highest BCUT2D eigenvalue weighted by molar-refractivity contribution is 5.35. The summed E-state index contributed by atoms with van der Waals surface area (Å²) in [5.74, 6) is 3.66. The van der Waals surface area contributed by atoms with Gasteiger partial charge in [0.25, 0.3) is 0 Å². The summed E-state index contributed by atoms with van der Waals surface area (Å²) in [6.45, 7) is 16.1. The summed E-state index contributed by atoms with van der Waals surface area (Å²) in [6.07, 6.45) is 19.7. The zero-order valence-electron chi connectivity index (χ0n) is 19.8. The maximum absolute atomic E-state index is 9.96. The summed E-state index contributed by atoms with van der Waals surface area (Å²) in [6, 6.07) is 0. The van der Waals surface area contributed by atoms with Crippen molar-refractivity contribution in [3.63, 3.8) is 0 Å². The summed E-state index contributed by atoms with van der Waals surface area (Å²) < 4.78 is 0. The molecular formula is C28H46O. The molecule has 0 bridgehead atoms. The van der Waals surface area contributed by atoms with Crippen molar-refractivity contribution >= 4 is 0 Å². The summed E-state index contributed by atoms with van der Waals surface area (Å²) in [4.78, 5) is 0. The SMILES string of the molecule is C=C1CC[C@H](O)CC1=CC=C1CCC[C@H]([C@H](C)C=C[C@H](C)C(C)C)[C@@H](C)CCC1. The molecular weight excluding hydrogens is 352 g/mol. The molecule has 2 rings (SSSR count). The Labute approximate surface area is 181 Å². The van der Waals surface area contributed by atoms with Crippen LogP contribution >= 0.6 is 0 Å². The van der Waals surface area contributed by atoms with Crippen molar-refractivity contribution in [1.82, 2.24) is 0 Å². The predicted molar refractivity (Wildman–Crippen MR) is 128 cm³/mol. The summed E-state index contributed by atoms with van der Waals surface area (Å²) in [5.41, 5.74) is 4.08. The topological polar surface area (TPSA) is 20.2 Å². The van der Waals surface area contributed by atoms with Gasteiger partial charge < -0.3 is 5.11 Å². The molecule has 5 atom stereocenters. The van der Waals surface area contributed by atoms with E-state index in [1.807, 2.05) is 0 Å². The van der Waals surface area contributed by atoms with Crippen LogP contribution in [0.5, 0.6) is 0 Å². The van der Waals surface area contributed by atoms with Crippen molar-refractivity contribution in [3.8, 4) is 0 Å². The standard InChI is InChI=1S/C28H46O/c1-20(2)21(3)13-14-24(6)28-12-8-11-25(10-7-9-23(28)5)16-17-26-19-27(29)18-15-22(26)4/h13-14,16-17,20-21,23-24,27-29H,4,7-12,15,18-19H2,1-3,5-6H3/t21-,23-,24+,27-,28-/m0/s1. The molecule has 0 amide bonds. The molecule has 0 radical (unpaired) electrons. The van der Waals surface area contributed by atoms with E-state index in [2.05, 4.69) is 65.5 Å². The van der Waals surface area contributed by atoms with E-state index in [-0.39, 0.29) is 6.10 Å². The van der Waals surface area contributed by atoms with E-state index in [0.717, 1.165) is 37.0 Å². The number of rotatable bonds is 5. The van der Waals surface area contributed by atoms with Crippen LogP contribution in [0.15, 0.2) is 47.6 Å². The van der Waals surface area contributed by atoms with Crippen molar-refractivity contribution in [2.24, 2.45) is 29.6 Å². The van der Waals surface area contributed by atoms with Gasteiger partial charge in [-0.1, -0.05) is 83.1 Å². The van der Waals surface area contributed by atoms with Gasteiger partial charge in [0, 0.05) is 0 Å². The largest absolute Gasteiger partial charge is 0.393 e. The Morgan fingerprint density at radius 3 is 2.31 bits per heavy atom. The van der Waals surface area contributed by atoms with Crippen LogP contribution in [0.25, 0.3) is 0 Å². The van der Waals surface area contributed by atoms with E-state index in [1.165, 1.54) is 49.7 Å². The minimum absolute atomic E-state index is 0.180. The first-order valence-electron chi connectivity index (χ1n) is 12.2. The second-order valence-corrected chi connectivity index (χ2v) is 10.3. The molecule has 1 nitrogen and oxygen atoms in total. The van der Waals surface area contributed by atoms with Gasteiger partial charge in [0.05, 0.1) is 6.10 Å². The molecule has 0 aromatic rings. The third-order valence-electron chi connectivity index (χ3n) is 7.58. The van der Waals surface area contributed by atoms with Gasteiger partial charge in [-0.15, -0.1) is 0 Å². The Balaban J connectivity index is 1.99. The van der Waals surface area contributed by atoms with Crippen molar-refractivity contribution in [3.05, 3.63) is 47.6 Å². The minimum atomic E-state index is -0.180. The zero-order chi connectivity index (χ0) is 21.4. The molecule has 0 aromatic heterocycles. The molecule has 2 aliphatic carbocycles. The molecule has 1 N–H and O–H groups in total. The number of hydrogen-bond acceptors (Lipinski definition) is 1. The van der Waals surface area contributed by atoms with Gasteiger partial charge in [0.1, 0.15) is 0 Å². The molecule has 0 spiro atoms. The second kappa shape index (κ2) is 11.9. The van der Waals surface area contributed by atoms with Crippen LogP contribution in [0, 0.1) is 29.6 Å². The van der Waals surface area contributed by atoms with Gasteiger partial charge in [-0.2, -0.15) is 0 Å². The number of allylic oxidation sites excluding steroid dienone is 6. The molecule has 0 aliphatic heterocycles. The van der Waals surface area contributed by atoms with Crippen molar-refractivity contribution in [1.29, 1.82) is 0 Å². The first-order valence-corrected chi connectivity index (χ1v) is 12.2. The molecule has 0 saturated heterocycles. The lowest BCUT2D eigenvalue weighted by Crippen LogP contribution is -2.19. The van der Waals surface area contributed by atoms with E-state index in [1.54, 1.807) is 5.57 Å². The van der Waals surface area contributed by atoms with E-state index in [0.29, 0.717) is 11.8 Å². The molecule has 164 valence electrons. The van der Waals surface area contributed by atoms with Crippen molar-refractivity contribution in [2.45, 2.75) is 98.5 Å². The van der Waals surface area contributed by atoms with E-state index in [9.17, 15) is 5.11 Å². The van der Waals surface area contributed by atoms with Gasteiger partial charge in [-0.3, -0.25) is 0 Å². The van der Waals surface area contributed by atoms with E-state index >= 15 is 0 Å². The van der Waals surface area contributed by atoms with Crippen molar-refractivity contribution < 1.29 is 5.11 Å². The fourth-order valence-corrected chi connectivity index (χ4v) is 4.91. The quantitative estimate of drug-likeness (QED) is 0.465. The Morgan fingerprint density at radius 2 is 1.62 bits per heavy atom. The molecule has 0 unspecified atom stereocenters. The third kappa shape index (κ3) is 7.93. The van der Waals surface area contributed by atoms with Crippen molar-refractivity contribution in [2.75, 3.05) is 0 Å². The maximum Gasteiger partial charge on any atom is 0.0583 e. The highest BCUT2D eigenvalue weighted by Crippen LogP contribution is 2.35. The van der Waals surface area contributed by atoms with Gasteiger partial charge in [0.2, 0.25) is 0 Å². The lowest BCUT2D eigenvalue weighted by atomic mass is 9.78. The normalized spacial score (nSPS) is 32.4. The van der Waals surface area contributed by atoms with Gasteiger partial charge >= 0.3 is 0 Å². The lowest BCUT2D eigenvalue weighted by Gasteiger charge is -2.28. The highest BCUT2D eigenvalue weighted by Gasteiger charge is 2.23. The van der Waals surface area contributed by atoms with Crippen LogP contribution in [0.3, 0.4) is 0 Å². The smallest absolute Gasteiger partial charge is 0.0583 e. The second-order valence-electron chi connectivity index (χ2n) is 10.3. The van der Waals surface area contributed by atoms with Gasteiger partial charge in [0.15, 0.2) is 0 Å². The third-order valence-corrected chi connectivity index (χ3v) is 7.58. The summed E-state index contributed by atoms with van der Waals surface area (Å²) in [5, 5.41) is 9.96. The van der Waals surface area contributed by atoms with Gasteiger partial charge in [-0.05, 0) is 86.5 Å². The molecule has 0 heterocycles. The van der Waals surface area contributed by atoms with Crippen LogP contribution in [0.4, 0.5) is 0 Å². The average molecular weight is 399 g/mol. The Kier molecular flexibility index (Phi) is 9.96. The molecule has 2 fully saturated rings. The number of hydrogen-bond donors (Lipinski definition) is 1. The predicted octanol–water partition coefficient (Wildman–Crippen LogP) is 8.03. The average Bonchev–Trinajstić information content (AvgIpc) is 2.77. The molecule has 29 heavy (non-hydrogen) atoms. The molecule has 1 heteroatoms. The summed E-state index contributed by atoms with van der Waals surface area (Å²) in [7, 11) is 0. The van der Waals surface area contributed by atoms with Crippen LogP contribution in [0.2, 0.25) is 0 Å². The lowest BCUT2D eigenvalue weighted by molar-refractivity contribution is 0.158. The highest BCUT2D eigenvalue weighted by atomic mass is 16.3. The monoisotopic (exact) mass is 398 g/mol. The summed E-state index contributed by atoms with van der Waals surface area (Å²) >= 11 is 0. The van der Waals surface area contributed by atoms with E-state index in [4.69, 9.17) is 0 Å². The van der Waals surface area contributed by atoms with E-state index < -0.39 is 0 Å². The fourth-order valence-electron chi connectivity index (χ4n) is 4.91. The van der Waals surface area contributed by atoms with Crippen LogP contribution < -0.4 is 0 Å². The maximum atomic E-state index is 9.96. The Hall–Kier alpha value is -1.08. The van der Waals surface area contributed by atoms with Gasteiger partial charge in [-0.25, -0.2) is 0 Å². The first-order chi connectivity index (χ1) is 13.8. The first kappa shape index (κ1) is 24.2. The number of aliphatic hydroxyl groups excluding tert-OH is 1. The van der Waals surface area contributed by atoms with Crippen LogP contribution in [-0.4, -0.2) is 11.2 Å². The fraction of sp³-hybridized carbons (Fsp3) is 0.714. The Morgan fingerprint density at radius 1 is 0.931 bits per heavy atom. The van der Waals surface area contributed by atoms with Crippen LogP contribution in [0.1, 0.15) is 92.4 Å². The van der Waals surface area contributed by atoms with Crippen LogP contribution in [-0.2, 0) is 0 Å². The zero-order valence-corrected chi connectivity index (χ0v) is 19.8.